The predicted octanol–water partition coefficient (Wildman–Crippen LogP) is 3.16. The Morgan fingerprint density at radius 1 is 1.40 bits per heavy atom. The van der Waals surface area contributed by atoms with Gasteiger partial charge in [-0.05, 0) is 20.3 Å². The lowest BCUT2D eigenvalue weighted by Gasteiger charge is -2.20. The van der Waals surface area contributed by atoms with Crippen LogP contribution >= 0.6 is 0 Å². The van der Waals surface area contributed by atoms with E-state index in [4.69, 9.17) is 5.73 Å². The maximum atomic E-state index is 13.1. The van der Waals surface area contributed by atoms with Gasteiger partial charge < -0.3 is 20.9 Å². The molecule has 4 N–H and O–H groups in total. The Morgan fingerprint density at radius 3 is 2.83 bits per heavy atom. The van der Waals surface area contributed by atoms with E-state index in [0.29, 0.717) is 18.0 Å². The molecule has 0 spiro atoms. The summed E-state index contributed by atoms with van der Waals surface area (Å²) in [7, 11) is 0. The summed E-state index contributed by atoms with van der Waals surface area (Å²) < 4.78 is 41.5. The van der Waals surface area contributed by atoms with E-state index < -0.39 is 11.7 Å². The van der Waals surface area contributed by atoms with Crippen LogP contribution in [0.4, 0.5) is 24.9 Å². The van der Waals surface area contributed by atoms with Crippen molar-refractivity contribution in [2.24, 2.45) is 10.7 Å². The van der Waals surface area contributed by atoms with Crippen LogP contribution in [0.2, 0.25) is 0 Å². The van der Waals surface area contributed by atoms with Gasteiger partial charge in [0.15, 0.2) is 0 Å². The number of hydrogen-bond acceptors (Lipinski definition) is 7. The Bertz CT molecular complexity index is 963. The van der Waals surface area contributed by atoms with Gasteiger partial charge in [0.1, 0.15) is 17.2 Å². The number of nitrogens with two attached hydrogens (primary N) is 1. The number of nitrogens with zero attached hydrogens (tertiary/aromatic N) is 5. The molecule has 0 saturated heterocycles. The number of hydrogen-bond donors (Lipinski definition) is 3. The van der Waals surface area contributed by atoms with Crippen LogP contribution < -0.4 is 16.4 Å². The van der Waals surface area contributed by atoms with Crippen LogP contribution in [0.3, 0.4) is 0 Å². The highest BCUT2D eigenvalue weighted by Gasteiger charge is 2.36. The first kappa shape index (κ1) is 21.6. The quantitative estimate of drug-likeness (QED) is 0.592. The van der Waals surface area contributed by atoms with Gasteiger partial charge in [-0.1, -0.05) is 6.92 Å². The second-order valence-corrected chi connectivity index (χ2v) is 7.35. The monoisotopic (exact) mass is 422 g/mol. The van der Waals surface area contributed by atoms with Crippen molar-refractivity contribution in [3.8, 4) is 0 Å². The zero-order chi connectivity index (χ0) is 21.9. The third kappa shape index (κ3) is 4.39. The Labute approximate surface area is 172 Å². The van der Waals surface area contributed by atoms with Gasteiger partial charge in [0.05, 0.1) is 18.0 Å². The molecule has 2 aromatic rings. The minimum absolute atomic E-state index is 0.00665. The third-order valence-corrected chi connectivity index (χ3v) is 5.07. The Hall–Kier alpha value is -3.11. The molecule has 0 bridgehead atoms. The van der Waals surface area contributed by atoms with Gasteiger partial charge in [-0.15, -0.1) is 0 Å². The summed E-state index contributed by atoms with van der Waals surface area (Å²) in [6.07, 6.45) is 2.14. The zero-order valence-corrected chi connectivity index (χ0v) is 17.1. The number of rotatable bonds is 7. The molecule has 0 saturated carbocycles. The lowest BCUT2D eigenvalue weighted by atomic mass is 9.88. The number of halogens is 3. The van der Waals surface area contributed by atoms with Crippen molar-refractivity contribution in [3.05, 3.63) is 41.9 Å². The number of alkyl halides is 3. The predicted molar refractivity (Wildman–Crippen MR) is 109 cm³/mol. The van der Waals surface area contributed by atoms with Crippen LogP contribution in [0.25, 0.3) is 0 Å². The molecule has 1 aliphatic heterocycles. The van der Waals surface area contributed by atoms with E-state index >= 15 is 0 Å². The maximum absolute atomic E-state index is 13.1. The first-order chi connectivity index (χ1) is 14.2. The molecule has 30 heavy (non-hydrogen) atoms. The van der Waals surface area contributed by atoms with Crippen molar-refractivity contribution < 1.29 is 13.2 Å². The van der Waals surface area contributed by atoms with E-state index in [1.54, 1.807) is 20.0 Å². The molecule has 3 heterocycles. The van der Waals surface area contributed by atoms with Crippen molar-refractivity contribution in [3.63, 3.8) is 0 Å². The van der Waals surface area contributed by atoms with Crippen LogP contribution in [0.15, 0.2) is 35.5 Å². The first-order valence-electron chi connectivity index (χ1n) is 9.58. The van der Waals surface area contributed by atoms with Crippen LogP contribution in [0, 0.1) is 0 Å². The molecule has 162 valence electrons. The zero-order valence-electron chi connectivity index (χ0n) is 17.1. The molecule has 8 nitrogen and oxygen atoms in total. The standard InChI is InChI=1S/C19H25F3N8/c1-4-24-15-13(19(20,21)22)10-26-17(29-15)28-14(9-23)12(2)27-11-18(3)5-7-30-8-6-25-16(18)30/h6,8-10H,4-5,7,11,23H2,1-3H3,(H2,24,26,28,29)/b14-9+,27-12-/t18-/m1/s1. The van der Waals surface area contributed by atoms with Gasteiger partial charge in [0.2, 0.25) is 5.95 Å². The summed E-state index contributed by atoms with van der Waals surface area (Å²) in [4.78, 5) is 16.8. The van der Waals surface area contributed by atoms with Crippen LogP contribution in [0.5, 0.6) is 0 Å². The average Bonchev–Trinajstić information content (AvgIpc) is 3.28. The number of imidazole rings is 1. The lowest BCUT2D eigenvalue weighted by molar-refractivity contribution is -0.137. The highest BCUT2D eigenvalue weighted by atomic mass is 19.4. The Kier molecular flexibility index (Phi) is 5.99. The van der Waals surface area contributed by atoms with Gasteiger partial charge in [-0.2, -0.15) is 18.2 Å². The molecule has 0 aliphatic carbocycles. The van der Waals surface area contributed by atoms with Crippen molar-refractivity contribution in [1.82, 2.24) is 19.5 Å². The van der Waals surface area contributed by atoms with Crippen LogP contribution in [0.1, 0.15) is 38.6 Å². The van der Waals surface area contributed by atoms with Crippen molar-refractivity contribution in [2.45, 2.75) is 45.3 Å². The van der Waals surface area contributed by atoms with E-state index in [-0.39, 0.29) is 23.7 Å². The molecular formula is C19H25F3N8. The molecular weight excluding hydrogens is 397 g/mol. The molecule has 0 amide bonds. The summed E-state index contributed by atoms with van der Waals surface area (Å²) in [5, 5.41) is 5.48. The summed E-state index contributed by atoms with van der Waals surface area (Å²) in [5.74, 6) is 0.693. The number of fused-ring (bicyclic) bond motifs is 1. The van der Waals surface area contributed by atoms with Gasteiger partial charge in [0, 0.05) is 43.3 Å². The number of aliphatic imine (C=N–C) groups is 1. The highest BCUT2D eigenvalue weighted by molar-refractivity contribution is 6.00. The summed E-state index contributed by atoms with van der Waals surface area (Å²) >= 11 is 0. The van der Waals surface area contributed by atoms with E-state index in [9.17, 15) is 13.2 Å². The Balaban J connectivity index is 1.77. The minimum atomic E-state index is -4.55. The van der Waals surface area contributed by atoms with Gasteiger partial charge in [0.25, 0.3) is 0 Å². The maximum Gasteiger partial charge on any atom is 0.421 e. The van der Waals surface area contributed by atoms with E-state index in [2.05, 4.69) is 42.1 Å². The molecule has 3 rings (SSSR count). The van der Waals surface area contributed by atoms with Crippen LogP contribution in [-0.4, -0.2) is 38.3 Å². The number of aryl methyl sites for hydroxylation is 1. The molecule has 0 fully saturated rings. The molecule has 0 radical (unpaired) electrons. The summed E-state index contributed by atoms with van der Waals surface area (Å²) in [6.45, 7) is 7.25. The normalized spacial score (nSPS) is 19.7. The third-order valence-electron chi connectivity index (χ3n) is 5.07. The van der Waals surface area contributed by atoms with Crippen molar-refractivity contribution in [1.29, 1.82) is 0 Å². The van der Waals surface area contributed by atoms with Crippen molar-refractivity contribution >= 4 is 17.5 Å². The number of aromatic nitrogens is 4. The first-order valence-corrected chi connectivity index (χ1v) is 9.58. The average molecular weight is 422 g/mol. The molecule has 11 heteroatoms. The molecule has 0 aromatic carbocycles. The smallest absolute Gasteiger partial charge is 0.403 e. The molecule has 1 atom stereocenters. The molecule has 0 unspecified atom stereocenters. The topological polar surface area (TPSA) is 106 Å². The lowest BCUT2D eigenvalue weighted by Crippen LogP contribution is -2.25. The fourth-order valence-electron chi connectivity index (χ4n) is 3.34. The molecule has 2 aromatic heterocycles. The van der Waals surface area contributed by atoms with Crippen molar-refractivity contribution in [2.75, 3.05) is 23.7 Å². The fraction of sp³-hybridized carbons (Fsp3) is 0.474. The number of allylic oxidation sites excluding steroid dienone is 1. The van der Waals surface area contributed by atoms with E-state index in [1.807, 2.05) is 6.20 Å². The summed E-state index contributed by atoms with van der Waals surface area (Å²) in [5.41, 5.74) is 5.62. The van der Waals surface area contributed by atoms with Gasteiger partial charge in [-0.25, -0.2) is 9.97 Å². The number of nitrogens with one attached hydrogen (secondary N) is 2. The minimum Gasteiger partial charge on any atom is -0.403 e. The van der Waals surface area contributed by atoms with Gasteiger partial charge in [-0.3, -0.25) is 4.99 Å². The SMILES string of the molecule is CCNc1nc(NC(=C/N)/C(C)=N\C[C@@]2(C)CCn3ccnc32)ncc1C(F)(F)F. The number of anilines is 2. The second kappa shape index (κ2) is 8.33. The van der Waals surface area contributed by atoms with Gasteiger partial charge >= 0.3 is 6.18 Å². The second-order valence-electron chi connectivity index (χ2n) is 7.35. The fourth-order valence-corrected chi connectivity index (χ4v) is 3.34. The van der Waals surface area contributed by atoms with Crippen LogP contribution in [-0.2, 0) is 18.1 Å². The summed E-state index contributed by atoms with van der Waals surface area (Å²) in [6, 6.07) is 0. The molecule has 1 aliphatic rings. The Morgan fingerprint density at radius 2 is 2.17 bits per heavy atom. The highest BCUT2D eigenvalue weighted by Crippen LogP contribution is 2.34. The van der Waals surface area contributed by atoms with E-state index in [1.165, 1.54) is 6.20 Å². The van der Waals surface area contributed by atoms with E-state index in [0.717, 1.165) is 25.0 Å². The largest absolute Gasteiger partial charge is 0.421 e.